The van der Waals surface area contributed by atoms with Gasteiger partial charge in [0.05, 0.1) is 11.0 Å². The van der Waals surface area contributed by atoms with Gasteiger partial charge in [-0.05, 0) is 37.1 Å². The van der Waals surface area contributed by atoms with Crippen molar-refractivity contribution < 1.29 is 5.11 Å². The molecule has 0 saturated heterocycles. The van der Waals surface area contributed by atoms with E-state index in [-0.39, 0.29) is 0 Å². The minimum Gasteiger partial charge on any atom is -0.508 e. The van der Waals surface area contributed by atoms with Crippen molar-refractivity contribution in [2.75, 3.05) is 0 Å². The molecule has 0 atom stereocenters. The van der Waals surface area contributed by atoms with Crippen LogP contribution >= 0.6 is 11.6 Å². The Morgan fingerprint density at radius 2 is 2.00 bits per heavy atom. The number of phenols is 1. The minimum atomic E-state index is 0.324. The van der Waals surface area contributed by atoms with Gasteiger partial charge in [-0.1, -0.05) is 29.8 Å². The standard InChI is InChI=1S/C17H15ClN2O/c18-12-5-8-15-14(10-12)19-17(20(15)13-6-7-13)9-11-3-1-2-4-16(11)21/h1-5,8,10,13,21H,6-7,9H2. The van der Waals surface area contributed by atoms with E-state index >= 15 is 0 Å². The van der Waals surface area contributed by atoms with Gasteiger partial charge < -0.3 is 9.67 Å². The van der Waals surface area contributed by atoms with Gasteiger partial charge in [0.15, 0.2) is 0 Å². The van der Waals surface area contributed by atoms with Gasteiger partial charge in [0.1, 0.15) is 11.6 Å². The second-order valence-corrected chi connectivity index (χ2v) is 6.00. The van der Waals surface area contributed by atoms with Crippen LogP contribution in [0, 0.1) is 0 Å². The first-order chi connectivity index (χ1) is 10.2. The van der Waals surface area contributed by atoms with Crippen LogP contribution in [0.3, 0.4) is 0 Å². The molecule has 1 heterocycles. The first-order valence-corrected chi connectivity index (χ1v) is 7.53. The van der Waals surface area contributed by atoms with Crippen molar-refractivity contribution in [2.24, 2.45) is 0 Å². The zero-order chi connectivity index (χ0) is 14.4. The van der Waals surface area contributed by atoms with Crippen molar-refractivity contribution in [1.82, 2.24) is 9.55 Å². The molecule has 1 fully saturated rings. The number of benzene rings is 2. The number of aromatic hydroxyl groups is 1. The molecule has 4 heteroatoms. The van der Waals surface area contributed by atoms with E-state index in [1.54, 1.807) is 6.07 Å². The summed E-state index contributed by atoms with van der Waals surface area (Å²) in [5, 5.41) is 10.7. The largest absolute Gasteiger partial charge is 0.508 e. The van der Waals surface area contributed by atoms with Gasteiger partial charge in [0, 0.05) is 23.0 Å². The number of hydrogen-bond acceptors (Lipinski definition) is 2. The van der Waals surface area contributed by atoms with Gasteiger partial charge in [0.25, 0.3) is 0 Å². The lowest BCUT2D eigenvalue weighted by Crippen LogP contribution is -2.02. The molecule has 0 aliphatic heterocycles. The highest BCUT2D eigenvalue weighted by atomic mass is 35.5. The van der Waals surface area contributed by atoms with Gasteiger partial charge in [-0.25, -0.2) is 4.98 Å². The zero-order valence-electron chi connectivity index (χ0n) is 11.5. The summed E-state index contributed by atoms with van der Waals surface area (Å²) in [6, 6.07) is 13.8. The quantitative estimate of drug-likeness (QED) is 0.782. The highest BCUT2D eigenvalue weighted by Crippen LogP contribution is 2.39. The number of imidazole rings is 1. The molecule has 21 heavy (non-hydrogen) atoms. The van der Waals surface area contributed by atoms with Crippen LogP contribution in [0.1, 0.15) is 30.3 Å². The maximum atomic E-state index is 9.98. The topological polar surface area (TPSA) is 38.1 Å². The third kappa shape index (κ3) is 2.28. The molecule has 4 rings (SSSR count). The molecule has 1 aliphatic rings. The molecule has 3 nitrogen and oxygen atoms in total. The second-order valence-electron chi connectivity index (χ2n) is 5.57. The number of para-hydroxylation sites is 1. The fraction of sp³-hybridized carbons (Fsp3) is 0.235. The summed E-state index contributed by atoms with van der Waals surface area (Å²) in [5.74, 6) is 1.32. The predicted octanol–water partition coefficient (Wildman–Crippen LogP) is 4.32. The van der Waals surface area contributed by atoms with Crippen LogP contribution in [-0.4, -0.2) is 14.7 Å². The van der Waals surface area contributed by atoms with Crippen molar-refractivity contribution >= 4 is 22.6 Å². The first kappa shape index (κ1) is 12.7. The number of nitrogens with zero attached hydrogens (tertiary/aromatic N) is 2. The highest BCUT2D eigenvalue weighted by molar-refractivity contribution is 6.31. The van der Waals surface area contributed by atoms with Crippen LogP contribution < -0.4 is 0 Å². The Hall–Kier alpha value is -2.00. The van der Waals surface area contributed by atoms with Gasteiger partial charge in [0.2, 0.25) is 0 Å². The molecule has 0 radical (unpaired) electrons. The van der Waals surface area contributed by atoms with E-state index in [1.807, 2.05) is 36.4 Å². The van der Waals surface area contributed by atoms with E-state index in [2.05, 4.69) is 4.57 Å². The van der Waals surface area contributed by atoms with E-state index in [4.69, 9.17) is 16.6 Å². The average molecular weight is 299 g/mol. The molecular weight excluding hydrogens is 284 g/mol. The Bertz CT molecular complexity index is 821. The van der Waals surface area contributed by atoms with E-state index in [9.17, 15) is 5.11 Å². The molecule has 0 unspecified atom stereocenters. The van der Waals surface area contributed by atoms with Gasteiger partial charge in [-0.3, -0.25) is 0 Å². The summed E-state index contributed by atoms with van der Waals surface area (Å²) in [4.78, 5) is 4.74. The molecule has 1 aliphatic carbocycles. The van der Waals surface area contributed by atoms with E-state index < -0.39 is 0 Å². The maximum absolute atomic E-state index is 9.98. The lowest BCUT2D eigenvalue weighted by Gasteiger charge is -2.08. The van der Waals surface area contributed by atoms with Crippen LogP contribution in [-0.2, 0) is 6.42 Å². The number of aromatic nitrogens is 2. The molecule has 1 N–H and O–H groups in total. The highest BCUT2D eigenvalue weighted by Gasteiger charge is 2.28. The summed E-state index contributed by atoms with van der Waals surface area (Å²) in [7, 11) is 0. The molecular formula is C17H15ClN2O. The SMILES string of the molecule is Oc1ccccc1Cc1nc2cc(Cl)ccc2n1C1CC1. The predicted molar refractivity (Wildman–Crippen MR) is 83.9 cm³/mol. The number of phenolic OH excluding ortho intramolecular Hbond substituents is 1. The summed E-state index contributed by atoms with van der Waals surface area (Å²) < 4.78 is 2.30. The van der Waals surface area contributed by atoms with Crippen LogP contribution in [0.25, 0.3) is 11.0 Å². The Kier molecular flexibility index (Phi) is 2.89. The Balaban J connectivity index is 1.84. The Labute approximate surface area is 127 Å². The van der Waals surface area contributed by atoms with Gasteiger partial charge in [-0.15, -0.1) is 0 Å². The molecule has 1 aromatic heterocycles. The van der Waals surface area contributed by atoms with E-state index in [0.29, 0.717) is 23.2 Å². The first-order valence-electron chi connectivity index (χ1n) is 7.15. The lowest BCUT2D eigenvalue weighted by molar-refractivity contribution is 0.468. The van der Waals surface area contributed by atoms with Crippen LogP contribution in [0.2, 0.25) is 5.02 Å². The fourth-order valence-corrected chi connectivity index (χ4v) is 2.98. The molecule has 2 aromatic carbocycles. The molecule has 0 amide bonds. The maximum Gasteiger partial charge on any atom is 0.119 e. The average Bonchev–Trinajstić information content (AvgIpc) is 3.23. The van der Waals surface area contributed by atoms with Crippen molar-refractivity contribution in [3.63, 3.8) is 0 Å². The van der Waals surface area contributed by atoms with Crippen LogP contribution in [0.5, 0.6) is 5.75 Å². The van der Waals surface area contributed by atoms with E-state index in [1.165, 1.54) is 12.8 Å². The van der Waals surface area contributed by atoms with Gasteiger partial charge in [-0.2, -0.15) is 0 Å². The number of fused-ring (bicyclic) bond motifs is 1. The van der Waals surface area contributed by atoms with Gasteiger partial charge >= 0.3 is 0 Å². The Morgan fingerprint density at radius 3 is 2.76 bits per heavy atom. The summed E-state index contributed by atoms with van der Waals surface area (Å²) >= 11 is 6.07. The second kappa shape index (κ2) is 4.78. The summed E-state index contributed by atoms with van der Waals surface area (Å²) in [5.41, 5.74) is 2.97. The molecule has 3 aromatic rings. The zero-order valence-corrected chi connectivity index (χ0v) is 12.2. The third-order valence-electron chi connectivity index (χ3n) is 3.98. The smallest absolute Gasteiger partial charge is 0.119 e. The number of hydrogen-bond donors (Lipinski definition) is 1. The third-order valence-corrected chi connectivity index (χ3v) is 4.21. The van der Waals surface area contributed by atoms with Crippen molar-refractivity contribution in [3.05, 3.63) is 58.9 Å². The summed E-state index contributed by atoms with van der Waals surface area (Å²) in [6.07, 6.45) is 3.03. The minimum absolute atomic E-state index is 0.324. The fourth-order valence-electron chi connectivity index (χ4n) is 2.82. The lowest BCUT2D eigenvalue weighted by atomic mass is 10.1. The van der Waals surface area contributed by atoms with E-state index in [0.717, 1.165) is 22.4 Å². The Morgan fingerprint density at radius 1 is 1.19 bits per heavy atom. The molecule has 0 spiro atoms. The van der Waals surface area contributed by atoms with Crippen LogP contribution in [0.4, 0.5) is 0 Å². The van der Waals surface area contributed by atoms with Crippen molar-refractivity contribution in [2.45, 2.75) is 25.3 Å². The number of rotatable bonds is 3. The molecule has 0 bridgehead atoms. The monoisotopic (exact) mass is 298 g/mol. The molecule has 1 saturated carbocycles. The van der Waals surface area contributed by atoms with Crippen molar-refractivity contribution in [3.8, 4) is 5.75 Å². The van der Waals surface area contributed by atoms with Crippen molar-refractivity contribution in [1.29, 1.82) is 0 Å². The number of halogens is 1. The summed E-state index contributed by atoms with van der Waals surface area (Å²) in [6.45, 7) is 0. The molecule has 106 valence electrons. The normalized spacial score (nSPS) is 14.7. The van der Waals surface area contributed by atoms with Crippen LogP contribution in [0.15, 0.2) is 42.5 Å².